The van der Waals surface area contributed by atoms with E-state index in [-0.39, 0.29) is 18.1 Å². The summed E-state index contributed by atoms with van der Waals surface area (Å²) in [6.45, 7) is 0.599. The van der Waals surface area contributed by atoms with Gasteiger partial charge in [0.2, 0.25) is 5.95 Å². The van der Waals surface area contributed by atoms with Crippen molar-refractivity contribution >= 4 is 17.1 Å². The van der Waals surface area contributed by atoms with Gasteiger partial charge in [-0.1, -0.05) is 30.3 Å². The molecule has 0 amide bonds. The number of aliphatic hydroxyl groups is 1. The maximum absolute atomic E-state index is 11.9. The number of imidazole rings is 1. The van der Waals surface area contributed by atoms with Crippen LogP contribution in [0.4, 0.5) is 5.95 Å². The van der Waals surface area contributed by atoms with Crippen LogP contribution in [0.1, 0.15) is 18.2 Å². The van der Waals surface area contributed by atoms with Crippen molar-refractivity contribution in [3.8, 4) is 0 Å². The number of hydrogen-bond acceptors (Lipinski definition) is 7. The lowest BCUT2D eigenvalue weighted by Gasteiger charge is -2.15. The molecule has 1 aliphatic rings. The molecule has 26 heavy (non-hydrogen) atoms. The Labute approximate surface area is 148 Å². The first-order chi connectivity index (χ1) is 12.6. The molecule has 1 aliphatic heterocycles. The van der Waals surface area contributed by atoms with E-state index in [9.17, 15) is 9.90 Å². The topological polar surface area (TPSA) is 128 Å². The standard InChI is InChI=1S/C17H18N5O4/c18-17-20-15-14(16(24)21-17)19-9-22(15)13-6-11(23)12(26-13)8-25-7-10-4-2-1-3-5-10/h1-5,9,11,13,23H,6-8H2,(H3,18,20,21,24)/t11-,13+/m0/s1. The number of nitrogens with one attached hydrogen (secondary N) is 1. The number of nitrogens with two attached hydrogens (primary N) is 1. The van der Waals surface area contributed by atoms with Gasteiger partial charge in [-0.3, -0.25) is 14.3 Å². The quantitative estimate of drug-likeness (QED) is 0.615. The Balaban J connectivity index is 1.45. The molecule has 2 aromatic heterocycles. The van der Waals surface area contributed by atoms with Crippen molar-refractivity contribution in [1.82, 2.24) is 19.5 Å². The van der Waals surface area contributed by atoms with Crippen molar-refractivity contribution in [2.24, 2.45) is 0 Å². The fourth-order valence-corrected chi connectivity index (χ4v) is 2.92. The number of fused-ring (bicyclic) bond motifs is 1. The number of nitrogen functional groups attached to an aromatic ring is 1. The highest BCUT2D eigenvalue weighted by Crippen LogP contribution is 2.34. The lowest BCUT2D eigenvalue weighted by Crippen LogP contribution is -2.17. The van der Waals surface area contributed by atoms with Crippen LogP contribution in [0.15, 0.2) is 41.5 Å². The van der Waals surface area contributed by atoms with E-state index in [0.29, 0.717) is 24.8 Å². The zero-order valence-electron chi connectivity index (χ0n) is 13.8. The molecule has 2 atom stereocenters. The van der Waals surface area contributed by atoms with Crippen molar-refractivity contribution in [1.29, 1.82) is 0 Å². The maximum Gasteiger partial charge on any atom is 0.280 e. The number of nitrogens with zero attached hydrogens (tertiary/aromatic N) is 3. The van der Waals surface area contributed by atoms with E-state index in [1.807, 2.05) is 30.3 Å². The molecule has 0 aliphatic carbocycles. The summed E-state index contributed by atoms with van der Waals surface area (Å²) in [4.78, 5) is 22.4. The fraction of sp³-hybridized carbons (Fsp3) is 0.294. The Bertz CT molecular complexity index is 955. The van der Waals surface area contributed by atoms with Crippen molar-refractivity contribution in [3.05, 3.63) is 58.7 Å². The summed E-state index contributed by atoms with van der Waals surface area (Å²) < 4.78 is 13.0. The van der Waals surface area contributed by atoms with Crippen LogP contribution in [0, 0.1) is 6.10 Å². The van der Waals surface area contributed by atoms with E-state index in [4.69, 9.17) is 15.2 Å². The van der Waals surface area contributed by atoms with Crippen molar-refractivity contribution in [3.63, 3.8) is 0 Å². The van der Waals surface area contributed by atoms with E-state index in [0.717, 1.165) is 5.56 Å². The van der Waals surface area contributed by atoms with E-state index >= 15 is 0 Å². The third kappa shape index (κ3) is 3.19. The van der Waals surface area contributed by atoms with Crippen molar-refractivity contribution in [2.75, 3.05) is 12.3 Å². The highest BCUT2D eigenvalue weighted by atomic mass is 16.6. The van der Waals surface area contributed by atoms with Gasteiger partial charge in [-0.05, 0) is 5.56 Å². The number of ether oxygens (including phenoxy) is 2. The lowest BCUT2D eigenvalue weighted by molar-refractivity contribution is 0.000112. The molecule has 135 valence electrons. The van der Waals surface area contributed by atoms with Crippen LogP contribution in [0.5, 0.6) is 0 Å². The maximum atomic E-state index is 11.9. The second kappa shape index (κ2) is 6.87. The highest BCUT2D eigenvalue weighted by molar-refractivity contribution is 5.70. The normalized spacial score (nSPS) is 20.8. The number of hydrogen-bond donors (Lipinski definition) is 3. The van der Waals surface area contributed by atoms with Gasteiger partial charge in [0.05, 0.1) is 25.6 Å². The summed E-state index contributed by atoms with van der Waals surface area (Å²) in [6.07, 6.45) is 0.902. The minimum Gasteiger partial charge on any atom is -0.390 e. The first kappa shape index (κ1) is 16.7. The predicted octanol–water partition coefficient (Wildman–Crippen LogP) is 0.730. The van der Waals surface area contributed by atoms with E-state index in [1.54, 1.807) is 4.57 Å². The van der Waals surface area contributed by atoms with Crippen LogP contribution in [0.25, 0.3) is 11.2 Å². The van der Waals surface area contributed by atoms with Gasteiger partial charge in [-0.15, -0.1) is 0 Å². The van der Waals surface area contributed by atoms with Crippen LogP contribution in [-0.2, 0) is 16.1 Å². The molecule has 1 saturated heterocycles. The molecule has 0 spiro atoms. The van der Waals surface area contributed by atoms with Gasteiger partial charge >= 0.3 is 0 Å². The van der Waals surface area contributed by atoms with Gasteiger partial charge in [-0.2, -0.15) is 4.98 Å². The summed E-state index contributed by atoms with van der Waals surface area (Å²) in [6, 6.07) is 9.74. The summed E-state index contributed by atoms with van der Waals surface area (Å²) >= 11 is 0. The van der Waals surface area contributed by atoms with Crippen LogP contribution in [0.2, 0.25) is 0 Å². The van der Waals surface area contributed by atoms with Gasteiger partial charge in [0.25, 0.3) is 5.56 Å². The van der Waals surface area contributed by atoms with Gasteiger partial charge < -0.3 is 20.3 Å². The summed E-state index contributed by atoms with van der Waals surface area (Å²) in [5.74, 6) is -0.00167. The minimum atomic E-state index is -0.771. The molecular weight excluding hydrogens is 338 g/mol. The van der Waals surface area contributed by atoms with Crippen LogP contribution < -0.4 is 11.3 Å². The second-order valence-electron chi connectivity index (χ2n) is 6.04. The average molecular weight is 356 g/mol. The third-order valence-corrected chi connectivity index (χ3v) is 4.20. The Kier molecular flexibility index (Phi) is 4.41. The van der Waals surface area contributed by atoms with Crippen LogP contribution in [-0.4, -0.2) is 37.3 Å². The van der Waals surface area contributed by atoms with E-state index in [2.05, 4.69) is 15.0 Å². The predicted molar refractivity (Wildman–Crippen MR) is 92.6 cm³/mol. The van der Waals surface area contributed by atoms with Crippen molar-refractivity contribution in [2.45, 2.75) is 25.4 Å². The monoisotopic (exact) mass is 356 g/mol. The van der Waals surface area contributed by atoms with Gasteiger partial charge in [0.15, 0.2) is 17.3 Å². The summed E-state index contributed by atoms with van der Waals surface area (Å²) in [5.41, 5.74) is 6.71. The van der Waals surface area contributed by atoms with Crippen LogP contribution >= 0.6 is 0 Å². The molecule has 0 saturated carbocycles. The zero-order valence-corrected chi connectivity index (χ0v) is 13.8. The van der Waals surface area contributed by atoms with Gasteiger partial charge in [-0.25, -0.2) is 4.98 Å². The largest absolute Gasteiger partial charge is 0.390 e. The third-order valence-electron chi connectivity index (χ3n) is 4.20. The molecule has 1 fully saturated rings. The number of rotatable bonds is 5. The minimum absolute atomic E-state index is 0.00167. The first-order valence-electron chi connectivity index (χ1n) is 8.16. The Hall–Kier alpha value is -2.75. The Morgan fingerprint density at radius 2 is 2.15 bits per heavy atom. The number of anilines is 1. The molecule has 3 heterocycles. The lowest BCUT2D eigenvalue weighted by atomic mass is 10.2. The Morgan fingerprint density at radius 1 is 1.35 bits per heavy atom. The molecule has 0 unspecified atom stereocenters. The number of aliphatic hydroxyl groups excluding tert-OH is 1. The molecular formula is C17H18N5O4. The smallest absolute Gasteiger partial charge is 0.280 e. The molecule has 9 nitrogen and oxygen atoms in total. The van der Waals surface area contributed by atoms with E-state index in [1.165, 1.54) is 6.33 Å². The van der Waals surface area contributed by atoms with Crippen molar-refractivity contribution < 1.29 is 14.6 Å². The number of benzene rings is 1. The average Bonchev–Trinajstić information content (AvgIpc) is 3.20. The number of H-pyrrole nitrogens is 1. The molecule has 1 radical (unpaired) electrons. The summed E-state index contributed by atoms with van der Waals surface area (Å²) in [7, 11) is 0. The molecule has 9 heteroatoms. The molecule has 4 N–H and O–H groups in total. The SMILES string of the molecule is Nc1nc2c(ncn2[C@H]2C[C@H](O)[C](COCc3ccccc3)O2)c(=O)[nH]1. The molecule has 1 aromatic carbocycles. The summed E-state index contributed by atoms with van der Waals surface area (Å²) in [5, 5.41) is 10.2. The highest BCUT2D eigenvalue weighted by Gasteiger charge is 2.37. The Morgan fingerprint density at radius 3 is 2.96 bits per heavy atom. The fourth-order valence-electron chi connectivity index (χ4n) is 2.92. The zero-order chi connectivity index (χ0) is 18.1. The first-order valence-corrected chi connectivity index (χ1v) is 8.16. The number of aromatic amines is 1. The number of aromatic nitrogens is 4. The second-order valence-corrected chi connectivity index (χ2v) is 6.04. The molecule has 3 aromatic rings. The van der Waals surface area contributed by atoms with Gasteiger partial charge in [0.1, 0.15) is 6.23 Å². The van der Waals surface area contributed by atoms with Gasteiger partial charge in [0, 0.05) is 6.42 Å². The van der Waals surface area contributed by atoms with Crippen LogP contribution in [0.3, 0.4) is 0 Å². The molecule has 0 bridgehead atoms. The van der Waals surface area contributed by atoms with E-state index < -0.39 is 17.9 Å². The molecule has 4 rings (SSSR count).